The van der Waals surface area contributed by atoms with E-state index in [0.29, 0.717) is 18.9 Å². The maximum absolute atomic E-state index is 12.4. The van der Waals surface area contributed by atoms with Crippen LogP contribution in [0.3, 0.4) is 0 Å². The molecule has 2 heterocycles. The van der Waals surface area contributed by atoms with Crippen molar-refractivity contribution >= 4 is 11.8 Å². The second-order valence-electron chi connectivity index (χ2n) is 7.45. The van der Waals surface area contributed by atoms with Gasteiger partial charge in [0.25, 0.3) is 0 Å². The van der Waals surface area contributed by atoms with Crippen LogP contribution in [0.4, 0.5) is 5.69 Å². The first-order valence-electron chi connectivity index (χ1n) is 10.4. The Kier molecular flexibility index (Phi) is 6.62. The van der Waals surface area contributed by atoms with Crippen LogP contribution in [0.2, 0.25) is 0 Å². The normalized spacial score (nSPS) is 14.9. The molecule has 1 N–H and O–H groups in total. The fourth-order valence-corrected chi connectivity index (χ4v) is 3.67. The first-order chi connectivity index (χ1) is 14.8. The Morgan fingerprint density at radius 3 is 2.40 bits per heavy atom. The zero-order chi connectivity index (χ0) is 20.6. The minimum atomic E-state index is -0.133. The Labute approximate surface area is 176 Å². The van der Waals surface area contributed by atoms with Gasteiger partial charge in [-0.25, -0.2) is 0 Å². The molecule has 4 rings (SSSR count). The summed E-state index contributed by atoms with van der Waals surface area (Å²) in [6, 6.07) is 22.0. The number of hydrogen-bond acceptors (Lipinski definition) is 4. The Hall–Kier alpha value is -3.31. The molecule has 0 atom stereocenters. The van der Waals surface area contributed by atoms with E-state index in [9.17, 15) is 4.79 Å². The maximum atomic E-state index is 12.4. The Bertz CT molecular complexity index is 1010. The van der Waals surface area contributed by atoms with Gasteiger partial charge in [0.15, 0.2) is 5.76 Å². The number of anilines is 1. The minimum Gasteiger partial charge on any atom is -0.482 e. The summed E-state index contributed by atoms with van der Waals surface area (Å²) in [5, 5.41) is 0. The largest absolute Gasteiger partial charge is 0.482 e. The van der Waals surface area contributed by atoms with E-state index in [4.69, 9.17) is 9.15 Å². The second-order valence-corrected chi connectivity index (χ2v) is 7.45. The molecule has 1 saturated heterocycles. The van der Waals surface area contributed by atoms with Gasteiger partial charge in [-0.1, -0.05) is 54.6 Å². The van der Waals surface area contributed by atoms with Gasteiger partial charge in [-0.3, -0.25) is 4.79 Å². The standard InChI is InChI=1S/C25H26N2O3/c28-24-18-23(19-26-13-15-27(16-14-26)22-11-5-2-6-12-22)30-20-25(24)29-17-7-10-21-8-3-1-4-9-21/h1-12,18,20H,13-17,19H2/p+1/b10-7+. The second kappa shape index (κ2) is 9.94. The van der Waals surface area contributed by atoms with Crippen LogP contribution in [-0.2, 0) is 6.54 Å². The van der Waals surface area contributed by atoms with Gasteiger partial charge in [0.1, 0.15) is 19.4 Å². The van der Waals surface area contributed by atoms with Gasteiger partial charge >= 0.3 is 0 Å². The molecule has 5 heteroatoms. The molecule has 154 valence electrons. The van der Waals surface area contributed by atoms with Crippen molar-refractivity contribution in [3.8, 4) is 5.75 Å². The molecule has 0 saturated carbocycles. The van der Waals surface area contributed by atoms with Crippen LogP contribution in [0.25, 0.3) is 6.08 Å². The van der Waals surface area contributed by atoms with Crippen LogP contribution in [0, 0.1) is 0 Å². The predicted octanol–water partition coefficient (Wildman–Crippen LogP) is 2.64. The van der Waals surface area contributed by atoms with E-state index in [1.54, 1.807) is 6.07 Å². The molecule has 2 aromatic carbocycles. The molecule has 1 aliphatic rings. The summed E-state index contributed by atoms with van der Waals surface area (Å²) >= 11 is 0. The highest BCUT2D eigenvalue weighted by molar-refractivity contribution is 5.48. The predicted molar refractivity (Wildman–Crippen MR) is 119 cm³/mol. The minimum absolute atomic E-state index is 0.133. The zero-order valence-corrected chi connectivity index (χ0v) is 17.0. The summed E-state index contributed by atoms with van der Waals surface area (Å²) in [7, 11) is 0. The molecule has 0 spiro atoms. The van der Waals surface area contributed by atoms with E-state index in [1.165, 1.54) is 16.9 Å². The van der Waals surface area contributed by atoms with Gasteiger partial charge in [0.2, 0.25) is 11.2 Å². The molecule has 1 aliphatic heterocycles. The quantitative estimate of drug-likeness (QED) is 0.659. The molecule has 0 bridgehead atoms. The summed E-state index contributed by atoms with van der Waals surface area (Å²) in [4.78, 5) is 16.2. The number of nitrogens with one attached hydrogen (secondary N) is 1. The molecule has 1 aromatic heterocycles. The highest BCUT2D eigenvalue weighted by atomic mass is 16.5. The maximum Gasteiger partial charge on any atom is 0.227 e. The molecule has 5 nitrogen and oxygen atoms in total. The van der Waals surface area contributed by atoms with Crippen molar-refractivity contribution < 1.29 is 14.1 Å². The van der Waals surface area contributed by atoms with Crippen LogP contribution in [0.5, 0.6) is 5.75 Å². The van der Waals surface area contributed by atoms with E-state index >= 15 is 0 Å². The molecule has 3 aromatic rings. The third-order valence-electron chi connectivity index (χ3n) is 5.31. The SMILES string of the molecule is O=c1cc(C[NH+]2CCN(c3ccccc3)CC2)occ1OC/C=C/c1ccccc1. The van der Waals surface area contributed by atoms with Crippen molar-refractivity contribution in [2.75, 3.05) is 37.7 Å². The Balaban J connectivity index is 1.26. The number of para-hydroxylation sites is 1. The van der Waals surface area contributed by atoms with Crippen LogP contribution in [0.1, 0.15) is 11.3 Å². The third-order valence-corrected chi connectivity index (χ3v) is 5.31. The van der Waals surface area contributed by atoms with Crippen LogP contribution < -0.4 is 20.0 Å². The van der Waals surface area contributed by atoms with Gasteiger partial charge in [-0.05, 0) is 23.8 Å². The number of hydrogen-bond donors (Lipinski definition) is 1. The Morgan fingerprint density at radius 2 is 1.70 bits per heavy atom. The summed E-state index contributed by atoms with van der Waals surface area (Å²) in [6.45, 7) is 5.07. The van der Waals surface area contributed by atoms with Gasteiger partial charge in [0.05, 0.1) is 26.2 Å². The highest BCUT2D eigenvalue weighted by Crippen LogP contribution is 2.12. The lowest BCUT2D eigenvalue weighted by Crippen LogP contribution is -3.13. The smallest absolute Gasteiger partial charge is 0.227 e. The first kappa shape index (κ1) is 20.0. The number of ether oxygens (including phenoxy) is 1. The average Bonchev–Trinajstić information content (AvgIpc) is 2.80. The van der Waals surface area contributed by atoms with E-state index in [-0.39, 0.29) is 11.2 Å². The third kappa shape index (κ3) is 5.39. The zero-order valence-electron chi connectivity index (χ0n) is 17.0. The summed E-state index contributed by atoms with van der Waals surface area (Å²) in [5.74, 6) is 0.954. The van der Waals surface area contributed by atoms with Crippen molar-refractivity contribution in [3.05, 3.63) is 101 Å². The fourth-order valence-electron chi connectivity index (χ4n) is 3.67. The highest BCUT2D eigenvalue weighted by Gasteiger charge is 2.21. The lowest BCUT2D eigenvalue weighted by atomic mass is 10.2. The topological polar surface area (TPSA) is 47.1 Å². The number of benzene rings is 2. The monoisotopic (exact) mass is 403 g/mol. The average molecular weight is 404 g/mol. The number of quaternary nitrogens is 1. The van der Waals surface area contributed by atoms with Gasteiger partial charge in [0, 0.05) is 11.8 Å². The van der Waals surface area contributed by atoms with E-state index in [1.807, 2.05) is 48.6 Å². The van der Waals surface area contributed by atoms with Crippen molar-refractivity contribution in [3.63, 3.8) is 0 Å². The van der Waals surface area contributed by atoms with Crippen molar-refractivity contribution in [1.29, 1.82) is 0 Å². The molecular weight excluding hydrogens is 376 g/mol. The number of rotatable bonds is 7. The van der Waals surface area contributed by atoms with E-state index in [0.717, 1.165) is 31.7 Å². The molecule has 1 fully saturated rings. The molecule has 0 aliphatic carbocycles. The van der Waals surface area contributed by atoms with Crippen molar-refractivity contribution in [1.82, 2.24) is 0 Å². The lowest BCUT2D eigenvalue weighted by molar-refractivity contribution is -0.915. The molecule has 0 unspecified atom stereocenters. The summed E-state index contributed by atoms with van der Waals surface area (Å²) < 4.78 is 11.2. The van der Waals surface area contributed by atoms with Crippen molar-refractivity contribution in [2.45, 2.75) is 6.54 Å². The van der Waals surface area contributed by atoms with Gasteiger partial charge in [-0.2, -0.15) is 0 Å². The molecule has 0 radical (unpaired) electrons. The van der Waals surface area contributed by atoms with Gasteiger partial charge in [-0.15, -0.1) is 0 Å². The molecule has 30 heavy (non-hydrogen) atoms. The van der Waals surface area contributed by atoms with Crippen LogP contribution in [-0.4, -0.2) is 32.8 Å². The fraction of sp³-hybridized carbons (Fsp3) is 0.240. The Morgan fingerprint density at radius 1 is 1.00 bits per heavy atom. The molecule has 0 amide bonds. The number of nitrogens with zero attached hydrogens (tertiary/aromatic N) is 1. The summed E-state index contributed by atoms with van der Waals surface area (Å²) in [5.41, 5.74) is 2.23. The molecular formula is C25H27N2O3+. The lowest BCUT2D eigenvalue weighted by Gasteiger charge is -2.33. The number of piperazine rings is 1. The van der Waals surface area contributed by atoms with E-state index < -0.39 is 0 Å². The van der Waals surface area contributed by atoms with Crippen molar-refractivity contribution in [2.24, 2.45) is 0 Å². The van der Waals surface area contributed by atoms with Crippen LogP contribution in [0.15, 0.2) is 88.3 Å². The van der Waals surface area contributed by atoms with Gasteiger partial charge < -0.3 is 19.0 Å². The summed E-state index contributed by atoms with van der Waals surface area (Å²) in [6.07, 6.45) is 5.29. The van der Waals surface area contributed by atoms with E-state index in [2.05, 4.69) is 29.2 Å². The first-order valence-corrected chi connectivity index (χ1v) is 10.4. The van der Waals surface area contributed by atoms with Crippen LogP contribution >= 0.6 is 0 Å².